The smallest absolute Gasteiger partial charge is 0.417 e. The number of oxazole rings is 1. The van der Waals surface area contributed by atoms with Crippen LogP contribution in [0.1, 0.15) is 12.0 Å². The lowest BCUT2D eigenvalue weighted by Gasteiger charge is -2.36. The van der Waals surface area contributed by atoms with E-state index in [4.69, 9.17) is 9.15 Å². The van der Waals surface area contributed by atoms with Crippen LogP contribution in [0.5, 0.6) is 5.75 Å². The van der Waals surface area contributed by atoms with Crippen molar-refractivity contribution in [3.05, 3.63) is 58.6 Å². The number of carbonyl (C=O) groups is 1. The molecule has 1 aliphatic rings. The molecule has 0 spiro atoms. The van der Waals surface area contributed by atoms with Gasteiger partial charge in [0.05, 0.1) is 12.6 Å². The van der Waals surface area contributed by atoms with Gasteiger partial charge in [0.2, 0.25) is 5.91 Å². The monoisotopic (exact) mass is 381 g/mol. The van der Waals surface area contributed by atoms with E-state index >= 15 is 0 Å². The predicted molar refractivity (Wildman–Crippen MR) is 107 cm³/mol. The summed E-state index contributed by atoms with van der Waals surface area (Å²) in [6.45, 7) is 2.86. The summed E-state index contributed by atoms with van der Waals surface area (Å²) in [5.74, 6) is 0.544. The van der Waals surface area contributed by atoms with E-state index in [0.717, 1.165) is 30.1 Å². The summed E-state index contributed by atoms with van der Waals surface area (Å²) in [4.78, 5) is 30.7. The van der Waals surface area contributed by atoms with E-state index in [1.807, 2.05) is 47.4 Å². The van der Waals surface area contributed by atoms with Gasteiger partial charge < -0.3 is 19.0 Å². The Labute approximate surface area is 162 Å². The Hall–Kier alpha value is -3.22. The van der Waals surface area contributed by atoms with Crippen LogP contribution in [0.15, 0.2) is 51.7 Å². The maximum atomic E-state index is 12.6. The average molecular weight is 381 g/mol. The molecule has 4 rings (SSSR count). The average Bonchev–Trinajstić information content (AvgIpc) is 3.11. The second-order valence-corrected chi connectivity index (χ2v) is 6.87. The van der Waals surface area contributed by atoms with Gasteiger partial charge in [0.1, 0.15) is 5.75 Å². The van der Waals surface area contributed by atoms with Crippen LogP contribution in [-0.2, 0) is 11.2 Å². The number of carbonyl (C=O) groups excluding carboxylic acids is 1. The van der Waals surface area contributed by atoms with E-state index in [9.17, 15) is 9.59 Å². The van der Waals surface area contributed by atoms with E-state index in [1.165, 1.54) is 0 Å². The summed E-state index contributed by atoms with van der Waals surface area (Å²) >= 11 is 0. The fourth-order valence-electron chi connectivity index (χ4n) is 3.65. The first-order chi connectivity index (χ1) is 13.6. The number of para-hydroxylation sites is 1. The number of amides is 1. The molecule has 0 atom stereocenters. The molecule has 1 aromatic heterocycles. The summed E-state index contributed by atoms with van der Waals surface area (Å²) in [5, 5.41) is 0. The van der Waals surface area contributed by atoms with Crippen molar-refractivity contribution in [3.63, 3.8) is 0 Å². The van der Waals surface area contributed by atoms with E-state index in [1.54, 1.807) is 7.11 Å². The van der Waals surface area contributed by atoms with Crippen LogP contribution < -0.4 is 15.4 Å². The van der Waals surface area contributed by atoms with E-state index < -0.39 is 5.76 Å². The number of nitrogens with zero attached hydrogens (tertiary/aromatic N) is 2. The van der Waals surface area contributed by atoms with Gasteiger partial charge in [-0.15, -0.1) is 0 Å². The zero-order valence-corrected chi connectivity index (χ0v) is 15.8. The van der Waals surface area contributed by atoms with Crippen LogP contribution >= 0.6 is 0 Å². The van der Waals surface area contributed by atoms with Crippen molar-refractivity contribution in [2.75, 3.05) is 38.2 Å². The van der Waals surface area contributed by atoms with Crippen molar-refractivity contribution in [1.82, 2.24) is 9.88 Å². The number of H-pyrrole nitrogens is 1. The molecular weight excluding hydrogens is 358 g/mol. The quantitative estimate of drug-likeness (QED) is 0.734. The molecule has 1 saturated heterocycles. The molecule has 146 valence electrons. The highest BCUT2D eigenvalue weighted by Crippen LogP contribution is 2.22. The van der Waals surface area contributed by atoms with Gasteiger partial charge >= 0.3 is 5.76 Å². The number of hydrogen-bond acceptors (Lipinski definition) is 5. The zero-order chi connectivity index (χ0) is 19.5. The number of rotatable bonds is 5. The maximum Gasteiger partial charge on any atom is 0.417 e. The molecule has 7 heteroatoms. The number of aryl methyl sites for hydroxylation is 1. The molecule has 0 bridgehead atoms. The van der Waals surface area contributed by atoms with Crippen molar-refractivity contribution in [1.29, 1.82) is 0 Å². The molecule has 0 aliphatic carbocycles. The Kier molecular flexibility index (Phi) is 5.06. The second kappa shape index (κ2) is 7.80. The Morgan fingerprint density at radius 3 is 2.71 bits per heavy atom. The van der Waals surface area contributed by atoms with E-state index in [2.05, 4.69) is 9.88 Å². The highest BCUT2D eigenvalue weighted by Gasteiger charge is 2.22. The summed E-state index contributed by atoms with van der Waals surface area (Å²) in [6, 6.07) is 13.5. The van der Waals surface area contributed by atoms with Crippen molar-refractivity contribution < 1.29 is 13.9 Å². The number of benzene rings is 2. The Balaban J connectivity index is 1.34. The van der Waals surface area contributed by atoms with Gasteiger partial charge in [-0.3, -0.25) is 9.78 Å². The topological polar surface area (TPSA) is 78.8 Å². The van der Waals surface area contributed by atoms with E-state index in [-0.39, 0.29) is 5.91 Å². The SMILES string of the molecule is COc1ccccc1CCC(=O)N1CCN(c2ccc3[nH]c(=O)oc3c2)CC1. The fourth-order valence-corrected chi connectivity index (χ4v) is 3.65. The standard InChI is InChI=1S/C21H23N3O4/c1-27-18-5-3-2-4-15(18)6-9-20(25)24-12-10-23(11-13-24)16-7-8-17-19(14-16)28-21(26)22-17/h2-5,7-8,14H,6,9-13H2,1H3,(H,22,26). The van der Waals surface area contributed by atoms with Gasteiger partial charge in [0.25, 0.3) is 0 Å². The molecule has 1 fully saturated rings. The zero-order valence-electron chi connectivity index (χ0n) is 15.8. The molecular formula is C21H23N3O4. The Morgan fingerprint density at radius 1 is 1.14 bits per heavy atom. The number of hydrogen-bond donors (Lipinski definition) is 1. The molecule has 3 aromatic rings. The molecule has 1 N–H and O–H groups in total. The lowest BCUT2D eigenvalue weighted by atomic mass is 10.1. The number of fused-ring (bicyclic) bond motifs is 1. The minimum atomic E-state index is -0.447. The van der Waals surface area contributed by atoms with Crippen LogP contribution in [0.3, 0.4) is 0 Å². The summed E-state index contributed by atoms with van der Waals surface area (Å²) in [7, 11) is 1.65. The first-order valence-electron chi connectivity index (χ1n) is 9.41. The highest BCUT2D eigenvalue weighted by atomic mass is 16.5. The number of anilines is 1. The van der Waals surface area contributed by atoms with Crippen LogP contribution in [0.4, 0.5) is 5.69 Å². The molecule has 0 saturated carbocycles. The molecule has 28 heavy (non-hydrogen) atoms. The van der Waals surface area contributed by atoms with Crippen molar-refractivity contribution >= 4 is 22.7 Å². The third-order valence-electron chi connectivity index (χ3n) is 5.20. The molecule has 0 unspecified atom stereocenters. The van der Waals surface area contributed by atoms with E-state index in [0.29, 0.717) is 37.0 Å². The van der Waals surface area contributed by atoms with Crippen LogP contribution in [0, 0.1) is 0 Å². The summed E-state index contributed by atoms with van der Waals surface area (Å²) in [5.41, 5.74) is 3.30. The number of aromatic nitrogens is 1. The van der Waals surface area contributed by atoms with Gasteiger partial charge in [-0.05, 0) is 30.2 Å². The number of methoxy groups -OCH3 is 1. The van der Waals surface area contributed by atoms with Crippen LogP contribution in [-0.4, -0.2) is 49.1 Å². The molecule has 1 aliphatic heterocycles. The largest absolute Gasteiger partial charge is 0.496 e. The molecule has 0 radical (unpaired) electrons. The third-order valence-corrected chi connectivity index (χ3v) is 5.20. The lowest BCUT2D eigenvalue weighted by molar-refractivity contribution is -0.131. The van der Waals surface area contributed by atoms with Crippen LogP contribution in [0.25, 0.3) is 11.1 Å². The molecule has 2 aromatic carbocycles. The molecule has 1 amide bonds. The summed E-state index contributed by atoms with van der Waals surface area (Å²) < 4.78 is 10.5. The van der Waals surface area contributed by atoms with Gasteiger partial charge in [-0.1, -0.05) is 18.2 Å². The lowest BCUT2D eigenvalue weighted by Crippen LogP contribution is -2.48. The first kappa shape index (κ1) is 18.2. The van der Waals surface area contributed by atoms with Gasteiger partial charge in [-0.25, -0.2) is 4.79 Å². The maximum absolute atomic E-state index is 12.6. The normalized spacial score (nSPS) is 14.5. The van der Waals surface area contributed by atoms with Crippen molar-refractivity contribution in [2.24, 2.45) is 0 Å². The molecule has 2 heterocycles. The van der Waals surface area contributed by atoms with Gasteiger partial charge in [0, 0.05) is 44.4 Å². The fraction of sp³-hybridized carbons (Fsp3) is 0.333. The number of nitrogens with one attached hydrogen (secondary N) is 1. The minimum absolute atomic E-state index is 0.164. The number of aromatic amines is 1. The number of ether oxygens (including phenoxy) is 1. The second-order valence-electron chi connectivity index (χ2n) is 6.87. The third kappa shape index (κ3) is 3.74. The van der Waals surface area contributed by atoms with Crippen molar-refractivity contribution in [2.45, 2.75) is 12.8 Å². The number of piperazine rings is 1. The summed E-state index contributed by atoms with van der Waals surface area (Å²) in [6.07, 6.45) is 1.15. The van der Waals surface area contributed by atoms with Crippen LogP contribution in [0.2, 0.25) is 0 Å². The van der Waals surface area contributed by atoms with Gasteiger partial charge in [0.15, 0.2) is 5.58 Å². The van der Waals surface area contributed by atoms with Crippen molar-refractivity contribution in [3.8, 4) is 5.75 Å². The van der Waals surface area contributed by atoms with Gasteiger partial charge in [-0.2, -0.15) is 0 Å². The molecule has 7 nitrogen and oxygen atoms in total. The highest BCUT2D eigenvalue weighted by molar-refractivity contribution is 5.78. The predicted octanol–water partition coefficient (Wildman–Crippen LogP) is 2.41. The Bertz CT molecular complexity index is 1030. The minimum Gasteiger partial charge on any atom is -0.496 e. The first-order valence-corrected chi connectivity index (χ1v) is 9.41. The Morgan fingerprint density at radius 2 is 1.93 bits per heavy atom.